The Balaban J connectivity index is 1.06. The molecule has 328 valence electrons. The van der Waals surface area contributed by atoms with E-state index in [0.29, 0.717) is 17.5 Å². The lowest BCUT2D eigenvalue weighted by molar-refractivity contribution is 0.794. The lowest BCUT2D eigenvalue weighted by Gasteiger charge is -2.30. The van der Waals surface area contributed by atoms with Crippen LogP contribution >= 0.6 is 0 Å². The van der Waals surface area contributed by atoms with Gasteiger partial charge in [0.25, 0.3) is 0 Å². The molecule has 2 aliphatic rings. The molecule has 0 unspecified atom stereocenters. The van der Waals surface area contributed by atoms with E-state index in [0.717, 1.165) is 59.8 Å². The minimum Gasteiger partial charge on any atom is -0.208 e. The third-order valence-electron chi connectivity index (χ3n) is 15.3. The minimum atomic E-state index is -0.521. The third kappa shape index (κ3) is 5.63. The Kier molecular flexibility index (Phi) is 8.57. The molecule has 0 bridgehead atoms. The van der Waals surface area contributed by atoms with E-state index in [1.807, 2.05) is 0 Å². The summed E-state index contributed by atoms with van der Waals surface area (Å²) in [4.78, 5) is 17.1. The summed E-state index contributed by atoms with van der Waals surface area (Å²) in [6.07, 6.45) is 0. The van der Waals surface area contributed by atoms with Crippen molar-refractivity contribution in [3.63, 3.8) is 0 Å². The Labute approximate surface area is 411 Å². The van der Waals surface area contributed by atoms with Crippen molar-refractivity contribution < 1.29 is 0 Å². The van der Waals surface area contributed by atoms with Gasteiger partial charge in [0, 0.05) is 16.7 Å². The SMILES string of the molecule is c1ccc(-c2c3ccccc3c(-c3nc(-c4ccc5c(c4)C4(c6ccccc6-c6ccccc64)c4ccccc4-5)nc(-c4c5ccccc5c(-c5ccccc5)c5ccccc45)n3)c3ccccc23)cc1. The fraction of sp³-hybridized carbons (Fsp3) is 0.0147. The molecular formula is C68H41N3. The fourth-order valence-electron chi connectivity index (χ4n) is 12.5. The van der Waals surface area contributed by atoms with E-state index in [1.54, 1.807) is 0 Å². The van der Waals surface area contributed by atoms with Crippen LogP contribution in [0.25, 0.3) is 122 Å². The summed E-state index contributed by atoms with van der Waals surface area (Å²) in [6, 6.07) is 90.4. The van der Waals surface area contributed by atoms with Crippen LogP contribution in [0.4, 0.5) is 0 Å². The second kappa shape index (κ2) is 15.3. The lowest BCUT2D eigenvalue weighted by atomic mass is 9.70. The average Bonchev–Trinajstić information content (AvgIpc) is 3.91. The van der Waals surface area contributed by atoms with Crippen LogP contribution in [0.1, 0.15) is 22.3 Å². The van der Waals surface area contributed by atoms with Crippen LogP contribution < -0.4 is 0 Å². The van der Waals surface area contributed by atoms with Crippen molar-refractivity contribution in [1.29, 1.82) is 0 Å². The minimum absolute atomic E-state index is 0.521. The highest BCUT2D eigenvalue weighted by atomic mass is 15.0. The van der Waals surface area contributed by atoms with Crippen LogP contribution in [0.15, 0.2) is 249 Å². The molecule has 3 nitrogen and oxygen atoms in total. The molecule has 0 radical (unpaired) electrons. The molecule has 3 heteroatoms. The maximum Gasteiger partial charge on any atom is 0.165 e. The van der Waals surface area contributed by atoms with Crippen LogP contribution in [-0.2, 0) is 5.41 Å². The molecule has 0 saturated heterocycles. The number of nitrogens with zero attached hydrogens (tertiary/aromatic N) is 3. The summed E-state index contributed by atoms with van der Waals surface area (Å²) in [5, 5.41) is 8.94. The van der Waals surface area contributed by atoms with Gasteiger partial charge in [-0.1, -0.05) is 243 Å². The molecule has 2 aliphatic carbocycles. The smallest absolute Gasteiger partial charge is 0.165 e. The maximum atomic E-state index is 5.72. The number of fused-ring (bicyclic) bond motifs is 14. The predicted octanol–water partition coefficient (Wildman–Crippen LogP) is 17.2. The number of aromatic nitrogens is 3. The zero-order valence-electron chi connectivity index (χ0n) is 38.5. The summed E-state index contributed by atoms with van der Waals surface area (Å²) in [5.41, 5.74) is 17.3. The van der Waals surface area contributed by atoms with Gasteiger partial charge >= 0.3 is 0 Å². The van der Waals surface area contributed by atoms with Crippen molar-refractivity contribution in [2.45, 2.75) is 5.41 Å². The highest BCUT2D eigenvalue weighted by molar-refractivity contribution is 6.22. The van der Waals surface area contributed by atoms with Gasteiger partial charge in [-0.25, -0.2) is 15.0 Å². The zero-order chi connectivity index (χ0) is 46.6. The van der Waals surface area contributed by atoms with Crippen molar-refractivity contribution in [3.8, 4) is 78.7 Å². The van der Waals surface area contributed by atoms with Crippen LogP contribution in [0.2, 0.25) is 0 Å². The van der Waals surface area contributed by atoms with Crippen LogP contribution in [0.5, 0.6) is 0 Å². The maximum absolute atomic E-state index is 5.72. The Morgan fingerprint density at radius 1 is 0.211 bits per heavy atom. The first kappa shape index (κ1) is 39.7. The lowest BCUT2D eigenvalue weighted by Crippen LogP contribution is -2.25. The molecule has 13 aromatic rings. The topological polar surface area (TPSA) is 38.7 Å². The summed E-state index contributed by atoms with van der Waals surface area (Å²) in [6.45, 7) is 0. The zero-order valence-corrected chi connectivity index (χ0v) is 38.5. The molecule has 1 spiro atoms. The van der Waals surface area contributed by atoms with Gasteiger partial charge < -0.3 is 0 Å². The van der Waals surface area contributed by atoms with Gasteiger partial charge in [-0.15, -0.1) is 0 Å². The van der Waals surface area contributed by atoms with Crippen molar-refractivity contribution in [2.24, 2.45) is 0 Å². The van der Waals surface area contributed by atoms with Gasteiger partial charge in [-0.3, -0.25) is 0 Å². The molecule has 0 saturated carbocycles. The molecule has 0 atom stereocenters. The first-order valence-corrected chi connectivity index (χ1v) is 24.4. The van der Waals surface area contributed by atoms with E-state index in [1.165, 1.54) is 66.8 Å². The Morgan fingerprint density at radius 2 is 0.507 bits per heavy atom. The van der Waals surface area contributed by atoms with Crippen LogP contribution in [0, 0.1) is 0 Å². The number of hydrogen-bond donors (Lipinski definition) is 0. The van der Waals surface area contributed by atoms with E-state index in [2.05, 4.69) is 249 Å². The summed E-state index contributed by atoms with van der Waals surface area (Å²) >= 11 is 0. The summed E-state index contributed by atoms with van der Waals surface area (Å²) < 4.78 is 0. The van der Waals surface area contributed by atoms with Crippen LogP contribution in [-0.4, -0.2) is 15.0 Å². The van der Waals surface area contributed by atoms with Gasteiger partial charge in [0.15, 0.2) is 17.5 Å². The predicted molar refractivity (Wildman–Crippen MR) is 293 cm³/mol. The van der Waals surface area contributed by atoms with E-state index in [9.17, 15) is 0 Å². The van der Waals surface area contributed by atoms with Crippen molar-refractivity contribution >= 4 is 43.1 Å². The number of benzene rings is 12. The Bertz CT molecular complexity index is 3990. The first-order chi connectivity index (χ1) is 35.3. The van der Waals surface area contributed by atoms with Crippen LogP contribution in [0.3, 0.4) is 0 Å². The largest absolute Gasteiger partial charge is 0.208 e. The van der Waals surface area contributed by atoms with Gasteiger partial charge in [0.05, 0.1) is 5.41 Å². The molecule has 0 N–H and O–H groups in total. The molecule has 0 amide bonds. The van der Waals surface area contributed by atoms with Crippen molar-refractivity contribution in [1.82, 2.24) is 15.0 Å². The normalized spacial score (nSPS) is 12.9. The van der Waals surface area contributed by atoms with E-state index in [4.69, 9.17) is 15.0 Å². The monoisotopic (exact) mass is 899 g/mol. The molecule has 12 aromatic carbocycles. The molecule has 1 heterocycles. The molecule has 1 aromatic heterocycles. The second-order valence-corrected chi connectivity index (χ2v) is 18.9. The van der Waals surface area contributed by atoms with E-state index >= 15 is 0 Å². The molecule has 0 aliphatic heterocycles. The molecule has 15 rings (SSSR count). The molecular weight excluding hydrogens is 859 g/mol. The van der Waals surface area contributed by atoms with E-state index < -0.39 is 5.41 Å². The Morgan fingerprint density at radius 3 is 0.887 bits per heavy atom. The van der Waals surface area contributed by atoms with E-state index in [-0.39, 0.29) is 0 Å². The average molecular weight is 900 g/mol. The van der Waals surface area contributed by atoms with Crippen molar-refractivity contribution in [3.05, 3.63) is 271 Å². The summed E-state index contributed by atoms with van der Waals surface area (Å²) in [7, 11) is 0. The number of hydrogen-bond acceptors (Lipinski definition) is 3. The van der Waals surface area contributed by atoms with Crippen molar-refractivity contribution in [2.75, 3.05) is 0 Å². The highest BCUT2D eigenvalue weighted by Gasteiger charge is 2.51. The number of rotatable bonds is 5. The molecule has 0 fully saturated rings. The van der Waals surface area contributed by atoms with Gasteiger partial charge in [0.2, 0.25) is 0 Å². The highest BCUT2D eigenvalue weighted by Crippen LogP contribution is 2.63. The quantitative estimate of drug-likeness (QED) is 0.162. The van der Waals surface area contributed by atoms with Gasteiger partial charge in [-0.2, -0.15) is 0 Å². The standard InChI is InChI=1S/C68H41N3/c1-3-21-42(22-4-1)61-49-28-7-11-32-53(49)63(54-33-12-8-29-50(54)61)66-69-65(70-67(71-66)64-55-34-13-9-30-51(55)62(43-23-5-2-6-24-43)52-31-10-14-35-56(52)64)44-39-40-48-47-27-17-20-38-59(47)68(60(48)41-44)57-36-18-15-25-45(57)46-26-16-19-37-58(46)68/h1-41H. The summed E-state index contributed by atoms with van der Waals surface area (Å²) in [5.74, 6) is 1.89. The second-order valence-electron chi connectivity index (χ2n) is 18.9. The first-order valence-electron chi connectivity index (χ1n) is 24.4. The van der Waals surface area contributed by atoms with Gasteiger partial charge in [0.1, 0.15) is 0 Å². The van der Waals surface area contributed by atoms with Gasteiger partial charge in [-0.05, 0) is 116 Å². The molecule has 71 heavy (non-hydrogen) atoms. The Hall–Kier alpha value is -9.31. The third-order valence-corrected chi connectivity index (χ3v) is 15.3. The fourth-order valence-corrected chi connectivity index (χ4v) is 12.5.